The van der Waals surface area contributed by atoms with Gasteiger partial charge in [0.1, 0.15) is 11.4 Å². The van der Waals surface area contributed by atoms with Crippen LogP contribution < -0.4 is 21.3 Å². The van der Waals surface area contributed by atoms with Crippen molar-refractivity contribution in [3.63, 3.8) is 0 Å². The molecule has 0 unspecified atom stereocenters. The minimum atomic E-state index is -4.60. The average molecular weight is 424 g/mol. The van der Waals surface area contributed by atoms with Crippen LogP contribution in [-0.2, 0) is 17.5 Å². The fourth-order valence-electron chi connectivity index (χ4n) is 2.54. The molecule has 0 aliphatic carbocycles. The number of anilines is 3. The zero-order chi connectivity index (χ0) is 22.1. The van der Waals surface area contributed by atoms with E-state index in [0.29, 0.717) is 11.6 Å². The number of aromatic nitrogens is 2. The first-order valence-electron chi connectivity index (χ1n) is 9.64. The first-order valence-corrected chi connectivity index (χ1v) is 9.64. The molecule has 7 nitrogen and oxygen atoms in total. The molecule has 2 rings (SSSR count). The Hall–Kier alpha value is -2.88. The van der Waals surface area contributed by atoms with Crippen molar-refractivity contribution in [1.82, 2.24) is 20.6 Å². The molecule has 10 heteroatoms. The summed E-state index contributed by atoms with van der Waals surface area (Å²) in [6, 6.07) is 7.48. The largest absolute Gasteiger partial charge is 0.421 e. The molecular weight excluding hydrogens is 397 g/mol. The molecule has 0 saturated heterocycles. The number of hydrogen-bond acceptors (Lipinski definition) is 6. The first kappa shape index (κ1) is 23.4. The first-order chi connectivity index (χ1) is 14.1. The third-order valence-corrected chi connectivity index (χ3v) is 3.98. The van der Waals surface area contributed by atoms with Crippen molar-refractivity contribution in [3.05, 3.63) is 41.6 Å². The highest BCUT2D eigenvalue weighted by atomic mass is 19.4. The summed E-state index contributed by atoms with van der Waals surface area (Å²) in [5.74, 6) is -0.0138. The Morgan fingerprint density at radius 1 is 1.13 bits per heavy atom. The van der Waals surface area contributed by atoms with E-state index in [0.717, 1.165) is 24.8 Å². The van der Waals surface area contributed by atoms with Gasteiger partial charge in [-0.2, -0.15) is 18.2 Å². The predicted octanol–water partition coefficient (Wildman–Crippen LogP) is 3.53. The molecule has 0 aliphatic rings. The summed E-state index contributed by atoms with van der Waals surface area (Å²) in [4.78, 5) is 18.6. The molecule has 2 aromatic rings. The molecule has 0 fully saturated rings. The van der Waals surface area contributed by atoms with Crippen molar-refractivity contribution in [2.45, 2.75) is 33.5 Å². The molecular formula is C20H27F3N6O. The molecule has 164 valence electrons. The molecule has 0 bridgehead atoms. The monoisotopic (exact) mass is 424 g/mol. The molecule has 1 heterocycles. The second-order valence-corrected chi connectivity index (χ2v) is 7.21. The number of alkyl halides is 3. The molecule has 30 heavy (non-hydrogen) atoms. The van der Waals surface area contributed by atoms with Gasteiger partial charge in [-0.3, -0.25) is 4.79 Å². The van der Waals surface area contributed by atoms with E-state index in [1.807, 2.05) is 24.3 Å². The van der Waals surface area contributed by atoms with Gasteiger partial charge in [-0.25, -0.2) is 4.98 Å². The number of nitrogens with one attached hydrogen (secondary N) is 4. The number of halogens is 3. The third kappa shape index (κ3) is 7.86. The summed E-state index contributed by atoms with van der Waals surface area (Å²) in [7, 11) is 0. The summed E-state index contributed by atoms with van der Waals surface area (Å²) in [5, 5.41) is 11.4. The van der Waals surface area contributed by atoms with Crippen LogP contribution in [0.5, 0.6) is 0 Å². The highest BCUT2D eigenvalue weighted by Gasteiger charge is 2.35. The summed E-state index contributed by atoms with van der Waals surface area (Å²) in [5.41, 5.74) is 0.781. The number of rotatable bonds is 10. The third-order valence-electron chi connectivity index (χ3n) is 3.98. The quantitative estimate of drug-likeness (QED) is 0.436. The standard InChI is InChI=1S/C20H27F3N6O/c1-13(2)10-24-11-15-4-6-16(7-5-15)28-19-27-12-17(20(21,22)23)18(29-19)26-9-8-25-14(3)30/h4-7,12-13,24H,8-11H2,1-3H3,(H,25,30)(H2,26,27,28,29). The van der Waals surface area contributed by atoms with E-state index < -0.39 is 11.7 Å². The SMILES string of the molecule is CC(=O)NCCNc1nc(Nc2ccc(CNCC(C)C)cc2)ncc1C(F)(F)F. The lowest BCUT2D eigenvalue weighted by Gasteiger charge is -2.15. The minimum Gasteiger partial charge on any atom is -0.368 e. The van der Waals surface area contributed by atoms with E-state index in [2.05, 4.69) is 45.1 Å². The Bertz CT molecular complexity index is 824. The van der Waals surface area contributed by atoms with Crippen LogP contribution in [-0.4, -0.2) is 35.5 Å². The zero-order valence-corrected chi connectivity index (χ0v) is 17.2. The molecule has 0 saturated carbocycles. The summed E-state index contributed by atoms with van der Waals surface area (Å²) >= 11 is 0. The Kier molecular flexibility index (Phi) is 8.40. The molecule has 0 aliphatic heterocycles. The van der Waals surface area contributed by atoms with Crippen molar-refractivity contribution in [1.29, 1.82) is 0 Å². The van der Waals surface area contributed by atoms with Gasteiger partial charge in [-0.15, -0.1) is 0 Å². The van der Waals surface area contributed by atoms with Gasteiger partial charge in [0.2, 0.25) is 11.9 Å². The van der Waals surface area contributed by atoms with Crippen LogP contribution in [0.1, 0.15) is 31.9 Å². The lowest BCUT2D eigenvalue weighted by atomic mass is 10.2. The van der Waals surface area contributed by atoms with E-state index in [-0.39, 0.29) is 30.8 Å². The van der Waals surface area contributed by atoms with Crippen LogP contribution in [0, 0.1) is 5.92 Å². The Balaban J connectivity index is 2.06. The Morgan fingerprint density at radius 3 is 2.43 bits per heavy atom. The average Bonchev–Trinajstić information content (AvgIpc) is 2.65. The second kappa shape index (κ2) is 10.8. The molecule has 0 atom stereocenters. The summed E-state index contributed by atoms with van der Waals surface area (Å²) in [6.07, 6.45) is -3.86. The number of carbonyl (C=O) groups excluding carboxylic acids is 1. The predicted molar refractivity (Wildman–Crippen MR) is 110 cm³/mol. The van der Waals surface area contributed by atoms with Gasteiger partial charge < -0.3 is 21.3 Å². The van der Waals surface area contributed by atoms with Gasteiger partial charge in [0, 0.05) is 38.4 Å². The van der Waals surface area contributed by atoms with Crippen LogP contribution in [0.4, 0.5) is 30.6 Å². The van der Waals surface area contributed by atoms with Gasteiger partial charge in [0.25, 0.3) is 0 Å². The van der Waals surface area contributed by atoms with E-state index in [9.17, 15) is 18.0 Å². The highest BCUT2D eigenvalue weighted by molar-refractivity contribution is 5.72. The number of hydrogen-bond donors (Lipinski definition) is 4. The van der Waals surface area contributed by atoms with Gasteiger partial charge >= 0.3 is 6.18 Å². The van der Waals surface area contributed by atoms with Gasteiger partial charge in [-0.05, 0) is 30.2 Å². The molecule has 4 N–H and O–H groups in total. The minimum absolute atomic E-state index is 0.0377. The van der Waals surface area contributed by atoms with Crippen LogP contribution in [0.2, 0.25) is 0 Å². The number of carbonyl (C=O) groups is 1. The van der Waals surface area contributed by atoms with Crippen molar-refractivity contribution in [2.75, 3.05) is 30.3 Å². The maximum absolute atomic E-state index is 13.2. The maximum atomic E-state index is 13.2. The molecule has 1 aromatic carbocycles. The second-order valence-electron chi connectivity index (χ2n) is 7.21. The lowest BCUT2D eigenvalue weighted by molar-refractivity contribution is -0.137. The van der Waals surface area contributed by atoms with E-state index in [4.69, 9.17) is 0 Å². The van der Waals surface area contributed by atoms with Crippen LogP contribution in [0.3, 0.4) is 0 Å². The normalized spacial score (nSPS) is 11.4. The van der Waals surface area contributed by atoms with Gasteiger partial charge in [-0.1, -0.05) is 26.0 Å². The number of benzene rings is 1. The zero-order valence-electron chi connectivity index (χ0n) is 17.2. The van der Waals surface area contributed by atoms with Crippen molar-refractivity contribution >= 4 is 23.4 Å². The molecule has 1 amide bonds. The van der Waals surface area contributed by atoms with E-state index in [1.54, 1.807) is 0 Å². The fraction of sp³-hybridized carbons (Fsp3) is 0.450. The molecule has 0 radical (unpaired) electrons. The lowest BCUT2D eigenvalue weighted by Crippen LogP contribution is -2.27. The Labute approximate surface area is 173 Å². The fourth-order valence-corrected chi connectivity index (χ4v) is 2.54. The van der Waals surface area contributed by atoms with Crippen LogP contribution in [0.25, 0.3) is 0 Å². The number of amides is 1. The summed E-state index contributed by atoms with van der Waals surface area (Å²) in [6.45, 7) is 7.51. The van der Waals surface area contributed by atoms with E-state index >= 15 is 0 Å². The Morgan fingerprint density at radius 2 is 1.83 bits per heavy atom. The van der Waals surface area contributed by atoms with Crippen LogP contribution in [0.15, 0.2) is 30.5 Å². The van der Waals surface area contributed by atoms with Gasteiger partial charge in [0.05, 0.1) is 0 Å². The maximum Gasteiger partial charge on any atom is 0.421 e. The van der Waals surface area contributed by atoms with Crippen molar-refractivity contribution in [3.8, 4) is 0 Å². The summed E-state index contributed by atoms with van der Waals surface area (Å²) < 4.78 is 39.7. The highest BCUT2D eigenvalue weighted by Crippen LogP contribution is 2.34. The van der Waals surface area contributed by atoms with Crippen molar-refractivity contribution in [2.24, 2.45) is 5.92 Å². The van der Waals surface area contributed by atoms with Crippen molar-refractivity contribution < 1.29 is 18.0 Å². The van der Waals surface area contributed by atoms with Gasteiger partial charge in [0.15, 0.2) is 0 Å². The molecule has 1 aromatic heterocycles. The smallest absolute Gasteiger partial charge is 0.368 e. The molecule has 0 spiro atoms. The van der Waals surface area contributed by atoms with Crippen LogP contribution >= 0.6 is 0 Å². The number of nitrogens with zero attached hydrogens (tertiary/aromatic N) is 2. The topological polar surface area (TPSA) is 91.0 Å². The van der Waals surface area contributed by atoms with E-state index in [1.165, 1.54) is 6.92 Å².